The van der Waals surface area contributed by atoms with E-state index < -0.39 is 84.0 Å². The Hall–Kier alpha value is -8.65. The first-order valence-electron chi connectivity index (χ1n) is 32.4. The summed E-state index contributed by atoms with van der Waals surface area (Å²) in [6, 6.07) is 19.7. The molecule has 3 fully saturated rings. The van der Waals surface area contributed by atoms with Gasteiger partial charge >= 0.3 is 24.2 Å². The predicted octanol–water partition coefficient (Wildman–Crippen LogP) is 6.47. The maximum absolute atomic E-state index is 13.8. The summed E-state index contributed by atoms with van der Waals surface area (Å²) >= 11 is 0. The zero-order chi connectivity index (χ0) is 67.9. The number of aliphatic hydroxyl groups excluding tert-OH is 1. The van der Waals surface area contributed by atoms with Crippen molar-refractivity contribution in [1.82, 2.24) is 37.2 Å². The van der Waals surface area contributed by atoms with Gasteiger partial charge in [-0.2, -0.15) is 0 Å². The molecule has 7 rings (SSSR count). The topological polar surface area (TPSA) is 355 Å². The number of rotatable bonds is 32. The highest BCUT2D eigenvalue weighted by atomic mass is 16.6. The lowest BCUT2D eigenvalue weighted by Gasteiger charge is -2.39. The monoisotopic (exact) mass is 1300 g/mol. The van der Waals surface area contributed by atoms with Gasteiger partial charge in [-0.25, -0.2) is 14.4 Å². The molecule has 11 atom stereocenters. The summed E-state index contributed by atoms with van der Waals surface area (Å²) in [6.07, 6.45) is 7.87. The van der Waals surface area contributed by atoms with Crippen LogP contribution in [-0.4, -0.2) is 152 Å². The van der Waals surface area contributed by atoms with Crippen LogP contribution in [0.1, 0.15) is 135 Å². The van der Waals surface area contributed by atoms with Crippen LogP contribution in [0.2, 0.25) is 0 Å². The molecule has 510 valence electrons. The molecule has 94 heavy (non-hydrogen) atoms. The molecule has 0 saturated carbocycles. The molecule has 1 aliphatic carbocycles. The number of nitrogens with two attached hydrogens (primary N) is 1. The standard InChI is InChI=1S/C69H93N9O16/c1-41(2)62(78-59(80)21-9-8-14-32-72-67(87)90-38-54-52-18-12-10-16-50(52)51-17-11-13-19-53(51)54)65(85)77-55(20-15-33-71-66(70)86)64(84)75-48-27-25-47(26-28-48)37-89-68(88)74-40-73-61(82)35-49-36-69(39-91-69)63(83)58(94-49)30-23-42(3)22-29-57-43(4)34-56(45(6)93-57)76-60(81)31-24-44(5)92-46(7)79/h10-13,16-19,22-28,30-31,41,43-45,49,54-58,62-63,83H,8-9,14-15,20-21,29,32-40H2,1-7H3,(H,72,87)(H,73,82)(H,74,88)(H,75,84)(H,76,81)(H,77,85)(H,78,80)(H3,70,71,86)/b30-23+,31-24-,42-22+/t43-,44-,45+,49+,55-,56+,57-,58+,62-,63+,69+/m0/s1. The van der Waals surface area contributed by atoms with Crippen molar-refractivity contribution in [2.24, 2.45) is 17.6 Å². The highest BCUT2D eigenvalue weighted by Crippen LogP contribution is 2.45. The van der Waals surface area contributed by atoms with Crippen LogP contribution < -0.4 is 48.3 Å². The lowest BCUT2D eigenvalue weighted by Crippen LogP contribution is -2.54. The van der Waals surface area contributed by atoms with Gasteiger partial charge in [-0.3, -0.25) is 28.8 Å². The fraction of sp³-hybridized carbons (Fsp3) is 0.522. The summed E-state index contributed by atoms with van der Waals surface area (Å²) < 4.78 is 34.3. The summed E-state index contributed by atoms with van der Waals surface area (Å²) in [6.45, 7) is 13.1. The van der Waals surface area contributed by atoms with Gasteiger partial charge in [-0.05, 0) is 117 Å². The molecule has 3 aromatic carbocycles. The van der Waals surface area contributed by atoms with E-state index in [1.807, 2.05) is 50.3 Å². The molecule has 11 N–H and O–H groups in total. The predicted molar refractivity (Wildman–Crippen MR) is 349 cm³/mol. The number of hydrogen-bond donors (Lipinski definition) is 10. The fourth-order valence-electron chi connectivity index (χ4n) is 11.8. The van der Waals surface area contributed by atoms with Crippen LogP contribution in [0.4, 0.5) is 20.1 Å². The normalized spacial score (nSPS) is 22.4. The number of hydrogen-bond acceptors (Lipinski definition) is 16. The number of carbonyl (C=O) groups excluding carboxylic acids is 9. The maximum atomic E-state index is 13.8. The number of epoxide rings is 1. The molecule has 9 amide bonds. The smallest absolute Gasteiger partial charge is 0.408 e. The Balaban J connectivity index is 0.780. The second kappa shape index (κ2) is 35.6. The van der Waals surface area contributed by atoms with Crippen LogP contribution in [0, 0.1) is 11.8 Å². The zero-order valence-electron chi connectivity index (χ0n) is 54.7. The van der Waals surface area contributed by atoms with Crippen molar-refractivity contribution in [2.45, 2.75) is 186 Å². The van der Waals surface area contributed by atoms with E-state index >= 15 is 0 Å². The van der Waals surface area contributed by atoms with E-state index in [9.17, 15) is 48.3 Å². The molecular weight excluding hydrogens is 1210 g/mol. The Bertz CT molecular complexity index is 3160. The molecule has 0 radical (unpaired) electrons. The average Bonchev–Trinajstić information content (AvgIpc) is 1.62. The minimum Gasteiger partial charge on any atom is -0.459 e. The van der Waals surface area contributed by atoms with Crippen molar-refractivity contribution < 1.29 is 76.7 Å². The Morgan fingerprint density at radius 3 is 2.12 bits per heavy atom. The van der Waals surface area contributed by atoms with Crippen LogP contribution in [0.5, 0.6) is 0 Å². The van der Waals surface area contributed by atoms with E-state index in [0.29, 0.717) is 62.9 Å². The number of fused-ring (bicyclic) bond motifs is 3. The Morgan fingerprint density at radius 1 is 0.766 bits per heavy atom. The van der Waals surface area contributed by atoms with Crippen LogP contribution in [0.25, 0.3) is 11.1 Å². The van der Waals surface area contributed by atoms with Gasteiger partial charge in [0, 0.05) is 50.5 Å². The first-order chi connectivity index (χ1) is 45.0. The maximum Gasteiger partial charge on any atom is 0.408 e. The van der Waals surface area contributed by atoms with E-state index in [4.69, 9.17) is 34.2 Å². The summed E-state index contributed by atoms with van der Waals surface area (Å²) in [5.41, 5.74) is 10.8. The van der Waals surface area contributed by atoms with Gasteiger partial charge in [0.05, 0.1) is 44.1 Å². The number of nitrogens with one attached hydrogen (secondary N) is 8. The van der Waals surface area contributed by atoms with E-state index in [0.717, 1.165) is 27.8 Å². The van der Waals surface area contributed by atoms with Gasteiger partial charge in [0.1, 0.15) is 49.2 Å². The first-order valence-corrected chi connectivity index (χ1v) is 32.4. The average molecular weight is 1300 g/mol. The number of amides is 9. The number of alkyl carbamates (subject to hydrolysis) is 2. The number of anilines is 1. The van der Waals surface area contributed by atoms with Gasteiger partial charge in [0.2, 0.25) is 29.5 Å². The van der Waals surface area contributed by atoms with Crippen molar-refractivity contribution in [3.8, 4) is 11.1 Å². The Morgan fingerprint density at radius 2 is 1.45 bits per heavy atom. The van der Waals surface area contributed by atoms with Crippen LogP contribution >= 0.6 is 0 Å². The van der Waals surface area contributed by atoms with Gasteiger partial charge < -0.3 is 81.8 Å². The molecule has 3 aliphatic heterocycles. The Labute approximate surface area is 549 Å². The number of unbranched alkanes of at least 4 members (excludes halogenated alkanes) is 2. The number of primary amides is 1. The van der Waals surface area contributed by atoms with E-state index in [-0.39, 0.29) is 99.9 Å². The number of carbonyl (C=O) groups is 9. The van der Waals surface area contributed by atoms with Crippen molar-refractivity contribution in [2.75, 3.05) is 38.3 Å². The van der Waals surface area contributed by atoms with Gasteiger partial charge in [-0.1, -0.05) is 112 Å². The molecular formula is C69H93N9O16. The highest BCUT2D eigenvalue weighted by molar-refractivity contribution is 5.98. The van der Waals surface area contributed by atoms with E-state index in [1.165, 1.54) is 19.1 Å². The van der Waals surface area contributed by atoms with Crippen molar-refractivity contribution in [3.05, 3.63) is 125 Å². The quantitative estimate of drug-likeness (QED) is 0.00608. The lowest BCUT2D eigenvalue weighted by atomic mass is 9.87. The molecule has 4 aliphatic rings. The van der Waals surface area contributed by atoms with Crippen LogP contribution in [0.15, 0.2) is 109 Å². The van der Waals surface area contributed by atoms with Gasteiger partial charge in [0.25, 0.3) is 0 Å². The number of ether oxygens (including phenoxy) is 6. The molecule has 1 spiro atoms. The molecule has 0 unspecified atom stereocenters. The van der Waals surface area contributed by atoms with Crippen molar-refractivity contribution >= 4 is 59.4 Å². The second-order valence-electron chi connectivity index (χ2n) is 24.9. The number of esters is 1. The van der Waals surface area contributed by atoms with Crippen LogP contribution in [0.3, 0.4) is 0 Å². The fourth-order valence-corrected chi connectivity index (χ4v) is 11.8. The van der Waals surface area contributed by atoms with Crippen LogP contribution in [-0.2, 0) is 63.8 Å². The summed E-state index contributed by atoms with van der Waals surface area (Å²) in [7, 11) is 0. The third-order valence-corrected chi connectivity index (χ3v) is 17.0. The SMILES string of the molecule is CC(=O)O[C@@H](C)/C=C\C(=O)N[C@@H]1C[C@H](C)[C@H](C/C=C(C)/C=C/[C@H]2O[C@H](CC(=O)NCNC(=O)OCc3ccc(NC(=O)[C@H](CCCNC(N)=O)NC(=O)[C@@H](NC(=O)CCCCCNC(=O)OCC4c5ccccc5-c5ccccc54)C(C)C)cc3)C[C@@]3(CO3)[C@@H]2O)O[C@@H]1C. The van der Waals surface area contributed by atoms with Gasteiger partial charge in [-0.15, -0.1) is 0 Å². The van der Waals surface area contributed by atoms with E-state index in [1.54, 1.807) is 51.1 Å². The largest absolute Gasteiger partial charge is 0.459 e. The second-order valence-corrected chi connectivity index (χ2v) is 24.9. The molecule has 0 aromatic heterocycles. The third kappa shape index (κ3) is 22.5. The molecule has 25 heteroatoms. The minimum atomic E-state index is -1.08. The van der Waals surface area contributed by atoms with E-state index in [2.05, 4.69) is 73.7 Å². The molecule has 3 heterocycles. The van der Waals surface area contributed by atoms with Crippen molar-refractivity contribution in [3.63, 3.8) is 0 Å². The zero-order valence-corrected chi connectivity index (χ0v) is 54.7. The summed E-state index contributed by atoms with van der Waals surface area (Å²) in [5.74, 6) is -2.88. The number of benzene rings is 3. The first kappa shape index (κ1) is 72.8. The lowest BCUT2D eigenvalue weighted by molar-refractivity contribution is -0.145. The molecule has 0 bridgehead atoms. The molecule has 3 saturated heterocycles. The molecule has 25 nitrogen and oxygen atoms in total. The van der Waals surface area contributed by atoms with Gasteiger partial charge in [0.15, 0.2) is 0 Å². The number of allylic oxidation sites excluding steroid dienone is 2. The summed E-state index contributed by atoms with van der Waals surface area (Å²) in [4.78, 5) is 114. The third-order valence-electron chi connectivity index (χ3n) is 17.0. The number of urea groups is 1. The minimum absolute atomic E-state index is 0.0515. The highest BCUT2D eigenvalue weighted by Gasteiger charge is 2.58. The molecule has 3 aromatic rings. The van der Waals surface area contributed by atoms with Crippen molar-refractivity contribution in [1.29, 1.82) is 0 Å². The number of aliphatic hydroxyl groups is 1. The summed E-state index contributed by atoms with van der Waals surface area (Å²) in [5, 5.41) is 33.0. The Kier molecular flexibility index (Phi) is 27.5.